The summed E-state index contributed by atoms with van der Waals surface area (Å²) in [5.74, 6) is 0.119. The van der Waals surface area contributed by atoms with E-state index in [2.05, 4.69) is 10.2 Å². The second kappa shape index (κ2) is 9.58. The number of nitrogens with one attached hydrogen (secondary N) is 1. The Hall–Kier alpha value is -1.83. The number of halogens is 1. The number of nitrogens with zero attached hydrogens (tertiary/aromatic N) is 2. The number of hydrogen-bond acceptors (Lipinski definition) is 5. The number of phenolic OH excluding ortho intramolecular Hbond substituents is 1. The van der Waals surface area contributed by atoms with Crippen LogP contribution in [0, 0.1) is 0 Å². The number of ether oxygens (including phenoxy) is 1. The molecule has 8 heteroatoms. The third kappa shape index (κ3) is 5.37. The number of hydrogen-bond donors (Lipinski definition) is 2. The molecule has 2 amide bonds. The molecule has 2 fully saturated rings. The van der Waals surface area contributed by atoms with E-state index in [1.807, 2.05) is 11.9 Å². The summed E-state index contributed by atoms with van der Waals surface area (Å²) in [5.41, 5.74) is 0.758. The van der Waals surface area contributed by atoms with Gasteiger partial charge in [-0.2, -0.15) is 0 Å². The van der Waals surface area contributed by atoms with Crippen LogP contribution >= 0.6 is 11.6 Å². The second-order valence-electron chi connectivity index (χ2n) is 7.51. The largest absolute Gasteiger partial charge is 0.506 e. The summed E-state index contributed by atoms with van der Waals surface area (Å²) >= 11 is 5.88. The third-order valence-corrected chi connectivity index (χ3v) is 5.97. The van der Waals surface area contributed by atoms with Crippen LogP contribution in [-0.4, -0.2) is 78.7 Å². The van der Waals surface area contributed by atoms with E-state index in [9.17, 15) is 14.7 Å². The Morgan fingerprint density at radius 3 is 2.68 bits per heavy atom. The van der Waals surface area contributed by atoms with Gasteiger partial charge in [0.05, 0.1) is 24.7 Å². The van der Waals surface area contributed by atoms with Crippen molar-refractivity contribution in [2.75, 3.05) is 39.9 Å². The molecule has 7 nitrogen and oxygen atoms in total. The van der Waals surface area contributed by atoms with E-state index in [4.69, 9.17) is 16.3 Å². The molecule has 2 saturated heterocycles. The number of phenols is 1. The molecule has 0 spiro atoms. The minimum Gasteiger partial charge on any atom is -0.506 e. The maximum absolute atomic E-state index is 12.5. The molecule has 0 radical (unpaired) electrons. The predicted molar refractivity (Wildman–Crippen MR) is 106 cm³/mol. The molecular formula is C20H28ClN3O4. The molecule has 2 atom stereocenters. The Labute approximate surface area is 170 Å². The van der Waals surface area contributed by atoms with E-state index in [0.29, 0.717) is 39.3 Å². The first kappa shape index (κ1) is 20.9. The molecule has 2 aliphatic heterocycles. The molecule has 1 aromatic carbocycles. The molecule has 154 valence electrons. The van der Waals surface area contributed by atoms with Gasteiger partial charge in [-0.05, 0) is 37.6 Å². The first-order valence-electron chi connectivity index (χ1n) is 9.75. The number of carbonyl (C=O) groups is 2. The number of amides is 2. The molecule has 2 heterocycles. The quantitative estimate of drug-likeness (QED) is 0.742. The van der Waals surface area contributed by atoms with Crippen LogP contribution in [0.5, 0.6) is 5.75 Å². The summed E-state index contributed by atoms with van der Waals surface area (Å²) in [5, 5.41) is 12.7. The van der Waals surface area contributed by atoms with Crippen LogP contribution in [0.3, 0.4) is 0 Å². The zero-order chi connectivity index (χ0) is 20.1. The lowest BCUT2D eigenvalue weighted by molar-refractivity contribution is -0.136. The lowest BCUT2D eigenvalue weighted by Crippen LogP contribution is -2.45. The monoisotopic (exact) mass is 409 g/mol. The Morgan fingerprint density at radius 2 is 1.96 bits per heavy atom. The highest BCUT2D eigenvalue weighted by molar-refractivity contribution is 6.32. The Kier molecular flexibility index (Phi) is 7.15. The van der Waals surface area contributed by atoms with E-state index in [1.54, 1.807) is 12.1 Å². The van der Waals surface area contributed by atoms with Crippen molar-refractivity contribution in [2.24, 2.45) is 0 Å². The number of rotatable bonds is 6. The molecule has 1 aromatic rings. The standard InChI is InChI=1S/C20H28ClN3O4/c1-23-15(12-20(27)24-6-8-28-9-7-24)3-4-16(23)13-22-19(26)11-14-2-5-18(25)17(21)10-14/h2,5,10,15-16,25H,3-4,6-9,11-13H2,1H3,(H,22,26)/t15-,16+/m1/s1. The van der Waals surface area contributed by atoms with Gasteiger partial charge in [-0.3, -0.25) is 14.5 Å². The molecule has 28 heavy (non-hydrogen) atoms. The number of likely N-dealkylation sites (N-methyl/N-ethyl adjacent to an activating group) is 1. The van der Waals surface area contributed by atoms with Crippen molar-refractivity contribution < 1.29 is 19.4 Å². The van der Waals surface area contributed by atoms with E-state index in [0.717, 1.165) is 18.4 Å². The third-order valence-electron chi connectivity index (χ3n) is 5.67. The predicted octanol–water partition coefficient (Wildman–Crippen LogP) is 1.42. The SMILES string of the molecule is CN1[C@@H](CC(=O)N2CCOCC2)CC[C@H]1CNC(=O)Cc1ccc(O)c(Cl)c1. The summed E-state index contributed by atoms with van der Waals surface area (Å²) in [4.78, 5) is 28.8. The molecule has 0 bridgehead atoms. The van der Waals surface area contributed by atoms with Crippen LogP contribution in [0.2, 0.25) is 5.02 Å². The number of benzene rings is 1. The van der Waals surface area contributed by atoms with Gasteiger partial charge in [0.1, 0.15) is 5.75 Å². The van der Waals surface area contributed by atoms with Gasteiger partial charge < -0.3 is 20.1 Å². The Bertz CT molecular complexity index is 709. The lowest BCUT2D eigenvalue weighted by Gasteiger charge is -2.30. The normalized spacial score (nSPS) is 23.0. The van der Waals surface area contributed by atoms with Crippen LogP contribution in [0.25, 0.3) is 0 Å². The molecule has 2 N–H and O–H groups in total. The van der Waals surface area contributed by atoms with Gasteiger partial charge >= 0.3 is 0 Å². The van der Waals surface area contributed by atoms with Crippen LogP contribution in [0.15, 0.2) is 18.2 Å². The van der Waals surface area contributed by atoms with Crippen LogP contribution < -0.4 is 5.32 Å². The van der Waals surface area contributed by atoms with E-state index >= 15 is 0 Å². The van der Waals surface area contributed by atoms with Gasteiger partial charge in [-0.15, -0.1) is 0 Å². The van der Waals surface area contributed by atoms with Crippen molar-refractivity contribution in [3.63, 3.8) is 0 Å². The fraction of sp³-hybridized carbons (Fsp3) is 0.600. The Balaban J connectivity index is 1.43. The number of likely N-dealkylation sites (tertiary alicyclic amines) is 1. The lowest BCUT2D eigenvalue weighted by atomic mass is 10.1. The maximum Gasteiger partial charge on any atom is 0.224 e. The van der Waals surface area contributed by atoms with E-state index in [-0.39, 0.29) is 41.1 Å². The minimum atomic E-state index is -0.0806. The maximum atomic E-state index is 12.5. The zero-order valence-electron chi connectivity index (χ0n) is 16.2. The summed E-state index contributed by atoms with van der Waals surface area (Å²) in [6.45, 7) is 3.15. The molecule has 0 saturated carbocycles. The first-order chi connectivity index (χ1) is 13.4. The summed E-state index contributed by atoms with van der Waals surface area (Å²) in [6.07, 6.45) is 2.66. The first-order valence-corrected chi connectivity index (χ1v) is 10.1. The highest BCUT2D eigenvalue weighted by Crippen LogP contribution is 2.25. The second-order valence-corrected chi connectivity index (χ2v) is 7.92. The summed E-state index contributed by atoms with van der Waals surface area (Å²) in [7, 11) is 2.03. The minimum absolute atomic E-state index is 0.0103. The fourth-order valence-electron chi connectivity index (χ4n) is 3.87. The van der Waals surface area contributed by atoms with Gasteiger partial charge in [0.25, 0.3) is 0 Å². The molecular weight excluding hydrogens is 382 g/mol. The molecule has 0 unspecified atom stereocenters. The fourth-order valence-corrected chi connectivity index (χ4v) is 4.07. The van der Waals surface area contributed by atoms with Crippen molar-refractivity contribution in [1.82, 2.24) is 15.1 Å². The summed E-state index contributed by atoms with van der Waals surface area (Å²) < 4.78 is 5.30. The van der Waals surface area contributed by atoms with Crippen molar-refractivity contribution in [1.29, 1.82) is 0 Å². The Morgan fingerprint density at radius 1 is 1.25 bits per heavy atom. The van der Waals surface area contributed by atoms with E-state index in [1.165, 1.54) is 6.07 Å². The van der Waals surface area contributed by atoms with Crippen LogP contribution in [0.1, 0.15) is 24.8 Å². The molecule has 2 aliphatic rings. The highest BCUT2D eigenvalue weighted by Gasteiger charge is 2.33. The van der Waals surface area contributed by atoms with Crippen molar-refractivity contribution in [3.05, 3.63) is 28.8 Å². The van der Waals surface area contributed by atoms with Crippen LogP contribution in [-0.2, 0) is 20.7 Å². The van der Waals surface area contributed by atoms with E-state index < -0.39 is 0 Å². The topological polar surface area (TPSA) is 82.1 Å². The van der Waals surface area contributed by atoms with Crippen molar-refractivity contribution in [2.45, 2.75) is 37.8 Å². The van der Waals surface area contributed by atoms with Crippen molar-refractivity contribution >= 4 is 23.4 Å². The van der Waals surface area contributed by atoms with Gasteiger partial charge in [-0.1, -0.05) is 17.7 Å². The van der Waals surface area contributed by atoms with Gasteiger partial charge in [0.2, 0.25) is 11.8 Å². The average molecular weight is 410 g/mol. The number of morpholine rings is 1. The number of aromatic hydroxyl groups is 1. The highest BCUT2D eigenvalue weighted by atomic mass is 35.5. The molecule has 0 aromatic heterocycles. The molecule has 0 aliphatic carbocycles. The van der Waals surface area contributed by atoms with Gasteiger partial charge in [0, 0.05) is 38.1 Å². The zero-order valence-corrected chi connectivity index (χ0v) is 17.0. The van der Waals surface area contributed by atoms with Gasteiger partial charge in [-0.25, -0.2) is 0 Å². The van der Waals surface area contributed by atoms with Crippen LogP contribution in [0.4, 0.5) is 0 Å². The number of carbonyl (C=O) groups excluding carboxylic acids is 2. The van der Waals surface area contributed by atoms with Gasteiger partial charge in [0.15, 0.2) is 0 Å². The van der Waals surface area contributed by atoms with Crippen molar-refractivity contribution in [3.8, 4) is 5.75 Å². The summed E-state index contributed by atoms with van der Waals surface area (Å²) in [6, 6.07) is 5.23. The molecule has 3 rings (SSSR count). The smallest absolute Gasteiger partial charge is 0.224 e. The average Bonchev–Trinajstić information content (AvgIpc) is 3.03.